The first-order valence-corrected chi connectivity index (χ1v) is 6.97. The highest BCUT2D eigenvalue weighted by molar-refractivity contribution is 5.80. The fourth-order valence-electron chi connectivity index (χ4n) is 2.68. The van der Waals surface area contributed by atoms with Crippen LogP contribution in [0.3, 0.4) is 0 Å². The molecule has 3 nitrogen and oxygen atoms in total. The van der Waals surface area contributed by atoms with E-state index in [1.165, 1.54) is 12.0 Å². The highest BCUT2D eigenvalue weighted by atomic mass is 16.1. The van der Waals surface area contributed by atoms with Crippen LogP contribution in [0.1, 0.15) is 38.7 Å². The Morgan fingerprint density at radius 3 is 2.53 bits per heavy atom. The third kappa shape index (κ3) is 3.57. The van der Waals surface area contributed by atoms with Crippen LogP contribution >= 0.6 is 0 Å². The summed E-state index contributed by atoms with van der Waals surface area (Å²) in [6.45, 7) is 6.98. The normalized spacial score (nSPS) is 23.9. The largest absolute Gasteiger partial charge is 0.368 e. The zero-order valence-electron chi connectivity index (χ0n) is 12.0. The third-order valence-electron chi connectivity index (χ3n) is 3.89. The van der Waals surface area contributed by atoms with E-state index in [2.05, 4.69) is 29.6 Å². The minimum absolute atomic E-state index is 0.136. The maximum atomic E-state index is 11.5. The van der Waals surface area contributed by atoms with Crippen molar-refractivity contribution in [1.29, 1.82) is 0 Å². The molecular weight excluding hydrogens is 236 g/mol. The molecule has 1 amide bonds. The summed E-state index contributed by atoms with van der Waals surface area (Å²) in [5, 5.41) is 3.35. The van der Waals surface area contributed by atoms with Crippen LogP contribution in [-0.2, 0) is 4.79 Å². The maximum Gasteiger partial charge on any atom is 0.235 e. The van der Waals surface area contributed by atoms with Gasteiger partial charge in [-0.05, 0) is 35.8 Å². The van der Waals surface area contributed by atoms with E-state index in [1.54, 1.807) is 0 Å². The molecule has 2 rings (SSSR count). The van der Waals surface area contributed by atoms with Crippen molar-refractivity contribution in [2.45, 2.75) is 39.2 Å². The molecule has 1 aromatic rings. The molecule has 0 aliphatic heterocycles. The summed E-state index contributed by atoms with van der Waals surface area (Å²) in [6.07, 6.45) is 1.20. The van der Waals surface area contributed by atoms with Crippen molar-refractivity contribution in [3.8, 4) is 0 Å². The Balaban J connectivity index is 1.86. The number of amides is 1. The predicted molar refractivity (Wildman–Crippen MR) is 77.7 cm³/mol. The maximum absolute atomic E-state index is 11.5. The Labute approximate surface area is 115 Å². The summed E-state index contributed by atoms with van der Waals surface area (Å²) < 4.78 is 0. The molecule has 1 aliphatic rings. The molecule has 0 bridgehead atoms. The number of nitrogens with one attached hydrogen (secondary N) is 1. The minimum atomic E-state index is -0.260. The molecule has 1 aliphatic carbocycles. The van der Waals surface area contributed by atoms with Crippen LogP contribution in [0, 0.1) is 11.3 Å². The molecule has 1 aromatic carbocycles. The third-order valence-corrected chi connectivity index (χ3v) is 3.89. The quantitative estimate of drug-likeness (QED) is 0.853. The summed E-state index contributed by atoms with van der Waals surface area (Å²) in [6, 6.07) is 10.3. The molecule has 0 radical (unpaired) electrons. The van der Waals surface area contributed by atoms with Gasteiger partial charge in [0.2, 0.25) is 5.91 Å². The van der Waals surface area contributed by atoms with Gasteiger partial charge in [0, 0.05) is 0 Å². The minimum Gasteiger partial charge on any atom is -0.368 e. The summed E-state index contributed by atoms with van der Waals surface area (Å²) in [7, 11) is 0. The van der Waals surface area contributed by atoms with Crippen LogP contribution in [0.5, 0.6) is 0 Å². The van der Waals surface area contributed by atoms with Gasteiger partial charge in [0.15, 0.2) is 0 Å². The van der Waals surface area contributed by atoms with Crippen molar-refractivity contribution in [3.05, 3.63) is 35.9 Å². The Kier molecular flexibility index (Phi) is 3.95. The van der Waals surface area contributed by atoms with Gasteiger partial charge in [0.05, 0.1) is 6.04 Å². The van der Waals surface area contributed by atoms with E-state index in [4.69, 9.17) is 5.73 Å². The first-order chi connectivity index (χ1) is 8.89. The topological polar surface area (TPSA) is 55.1 Å². The number of benzene rings is 1. The monoisotopic (exact) mass is 260 g/mol. The Morgan fingerprint density at radius 2 is 2.00 bits per heavy atom. The Morgan fingerprint density at radius 1 is 1.37 bits per heavy atom. The molecule has 0 saturated heterocycles. The lowest BCUT2D eigenvalue weighted by Gasteiger charge is -2.29. The molecule has 0 spiro atoms. The van der Waals surface area contributed by atoms with Crippen LogP contribution in [0.25, 0.3) is 0 Å². The van der Waals surface area contributed by atoms with Gasteiger partial charge in [0.25, 0.3) is 0 Å². The van der Waals surface area contributed by atoms with E-state index in [9.17, 15) is 4.79 Å². The van der Waals surface area contributed by atoms with Gasteiger partial charge in [-0.2, -0.15) is 0 Å². The van der Waals surface area contributed by atoms with E-state index in [0.717, 1.165) is 6.54 Å². The fourth-order valence-corrected chi connectivity index (χ4v) is 2.68. The molecule has 104 valence electrons. The van der Waals surface area contributed by atoms with E-state index in [1.807, 2.05) is 26.8 Å². The molecule has 3 N–H and O–H groups in total. The second kappa shape index (κ2) is 5.33. The second-order valence-electron chi connectivity index (χ2n) is 6.62. The molecule has 0 heterocycles. The average molecular weight is 260 g/mol. The van der Waals surface area contributed by atoms with Crippen molar-refractivity contribution in [2.24, 2.45) is 17.1 Å². The van der Waals surface area contributed by atoms with Crippen molar-refractivity contribution < 1.29 is 4.79 Å². The zero-order chi connectivity index (χ0) is 14.0. The lowest BCUT2D eigenvalue weighted by atomic mass is 9.86. The highest BCUT2D eigenvalue weighted by Gasteiger charge is 2.39. The number of primary amides is 1. The summed E-state index contributed by atoms with van der Waals surface area (Å²) in [5.41, 5.74) is 6.74. The van der Waals surface area contributed by atoms with Crippen molar-refractivity contribution in [3.63, 3.8) is 0 Å². The van der Waals surface area contributed by atoms with Crippen LogP contribution in [0.4, 0.5) is 0 Å². The molecular formula is C16H24N2O. The van der Waals surface area contributed by atoms with Gasteiger partial charge in [-0.25, -0.2) is 0 Å². The van der Waals surface area contributed by atoms with Crippen LogP contribution < -0.4 is 11.1 Å². The van der Waals surface area contributed by atoms with Crippen molar-refractivity contribution >= 4 is 5.91 Å². The number of carbonyl (C=O) groups excluding carboxylic acids is 1. The van der Waals surface area contributed by atoms with E-state index < -0.39 is 0 Å². The van der Waals surface area contributed by atoms with Crippen molar-refractivity contribution in [2.75, 3.05) is 6.54 Å². The number of carbonyl (C=O) groups is 1. The molecule has 3 atom stereocenters. The van der Waals surface area contributed by atoms with Gasteiger partial charge < -0.3 is 11.1 Å². The average Bonchev–Trinajstić information content (AvgIpc) is 3.08. The van der Waals surface area contributed by atoms with Gasteiger partial charge >= 0.3 is 0 Å². The second-order valence-corrected chi connectivity index (χ2v) is 6.62. The SMILES string of the molecule is CC(C)(C)[C@H](NC[C@H]1C[C@@H]1c1ccccc1)C(N)=O. The van der Waals surface area contributed by atoms with E-state index >= 15 is 0 Å². The molecule has 0 unspecified atom stereocenters. The van der Waals surface area contributed by atoms with Crippen LogP contribution in [-0.4, -0.2) is 18.5 Å². The standard InChI is InChI=1S/C16H24N2O/c1-16(2,3)14(15(17)19)18-10-12-9-13(12)11-7-5-4-6-8-11/h4-8,12-14,18H,9-10H2,1-3H3,(H2,17,19)/t12-,13-,14-/m1/s1. The first kappa shape index (κ1) is 14.1. The molecule has 1 saturated carbocycles. The number of hydrogen-bond acceptors (Lipinski definition) is 2. The van der Waals surface area contributed by atoms with Crippen LogP contribution in [0.2, 0.25) is 0 Å². The lowest BCUT2D eigenvalue weighted by molar-refractivity contribution is -0.122. The van der Waals surface area contributed by atoms with Gasteiger partial charge in [-0.15, -0.1) is 0 Å². The zero-order valence-corrected chi connectivity index (χ0v) is 12.0. The molecule has 0 aromatic heterocycles. The first-order valence-electron chi connectivity index (χ1n) is 6.97. The lowest BCUT2D eigenvalue weighted by Crippen LogP contribution is -2.50. The summed E-state index contributed by atoms with van der Waals surface area (Å²) >= 11 is 0. The van der Waals surface area contributed by atoms with Gasteiger partial charge in [0.1, 0.15) is 0 Å². The fraction of sp³-hybridized carbons (Fsp3) is 0.562. The number of rotatable bonds is 5. The Hall–Kier alpha value is -1.35. The van der Waals surface area contributed by atoms with Gasteiger partial charge in [-0.3, -0.25) is 4.79 Å². The highest BCUT2D eigenvalue weighted by Crippen LogP contribution is 2.46. The van der Waals surface area contributed by atoms with Gasteiger partial charge in [-0.1, -0.05) is 51.1 Å². The van der Waals surface area contributed by atoms with Crippen molar-refractivity contribution in [1.82, 2.24) is 5.32 Å². The number of nitrogens with two attached hydrogens (primary N) is 1. The molecule has 3 heteroatoms. The summed E-state index contributed by atoms with van der Waals surface area (Å²) in [5.74, 6) is 1.01. The van der Waals surface area contributed by atoms with E-state index in [0.29, 0.717) is 11.8 Å². The predicted octanol–water partition coefficient (Wildman–Crippen LogP) is 2.28. The Bertz CT molecular complexity index is 436. The van der Waals surface area contributed by atoms with E-state index in [-0.39, 0.29) is 17.4 Å². The summed E-state index contributed by atoms with van der Waals surface area (Å²) in [4.78, 5) is 11.5. The molecule has 1 fully saturated rings. The molecule has 19 heavy (non-hydrogen) atoms. The smallest absolute Gasteiger partial charge is 0.235 e. The number of hydrogen-bond donors (Lipinski definition) is 2. The van der Waals surface area contributed by atoms with Crippen LogP contribution in [0.15, 0.2) is 30.3 Å².